The van der Waals surface area contributed by atoms with Crippen LogP contribution in [0.5, 0.6) is 0 Å². The maximum absolute atomic E-state index is 12.4. The molecule has 7 nitrogen and oxygen atoms in total. The fraction of sp³-hybridized carbons (Fsp3) is 0.389. The highest BCUT2D eigenvalue weighted by atomic mass is 32.1. The van der Waals surface area contributed by atoms with Gasteiger partial charge in [0.2, 0.25) is 0 Å². The lowest BCUT2D eigenvalue weighted by atomic mass is 9.97. The first-order valence-electron chi connectivity index (χ1n) is 8.24. The van der Waals surface area contributed by atoms with Crippen LogP contribution in [0.2, 0.25) is 0 Å². The van der Waals surface area contributed by atoms with Crippen LogP contribution >= 0.6 is 11.3 Å². The number of thiophene rings is 1. The van der Waals surface area contributed by atoms with Crippen molar-refractivity contribution < 1.29 is 23.9 Å². The minimum absolute atomic E-state index is 0.0672. The van der Waals surface area contributed by atoms with Gasteiger partial charge in [-0.05, 0) is 43.0 Å². The molecular formula is C18H22N2O5S. The van der Waals surface area contributed by atoms with Crippen molar-refractivity contribution in [2.24, 2.45) is 11.8 Å². The summed E-state index contributed by atoms with van der Waals surface area (Å²) in [7, 11) is 0. The van der Waals surface area contributed by atoms with Gasteiger partial charge in [0, 0.05) is 6.54 Å². The lowest BCUT2D eigenvalue weighted by molar-refractivity contribution is -0.142. The van der Waals surface area contributed by atoms with Crippen molar-refractivity contribution in [2.75, 3.05) is 11.9 Å². The van der Waals surface area contributed by atoms with Gasteiger partial charge in [-0.25, -0.2) is 0 Å². The molecule has 0 spiro atoms. The van der Waals surface area contributed by atoms with Gasteiger partial charge < -0.3 is 20.2 Å². The molecule has 2 aromatic heterocycles. The van der Waals surface area contributed by atoms with Crippen molar-refractivity contribution in [1.82, 2.24) is 5.32 Å². The van der Waals surface area contributed by atoms with Gasteiger partial charge in [-0.3, -0.25) is 14.4 Å². The number of anilines is 1. The fourth-order valence-corrected chi connectivity index (χ4v) is 3.47. The molecule has 0 saturated heterocycles. The number of carboxylic acid groups (broad SMARTS) is 1. The summed E-state index contributed by atoms with van der Waals surface area (Å²) in [5.41, 5.74) is 0.706. The first-order valence-corrected chi connectivity index (χ1v) is 9.05. The van der Waals surface area contributed by atoms with Crippen molar-refractivity contribution in [2.45, 2.75) is 27.2 Å². The Balaban J connectivity index is 2.00. The van der Waals surface area contributed by atoms with Crippen molar-refractivity contribution in [3.63, 3.8) is 0 Å². The largest absolute Gasteiger partial charge is 0.481 e. The number of hydrogen-bond donors (Lipinski definition) is 3. The monoisotopic (exact) mass is 378 g/mol. The zero-order chi connectivity index (χ0) is 19.3. The third-order valence-electron chi connectivity index (χ3n) is 3.72. The van der Waals surface area contributed by atoms with E-state index in [1.165, 1.54) is 6.26 Å². The van der Waals surface area contributed by atoms with Crippen molar-refractivity contribution in [3.05, 3.63) is 40.7 Å². The third kappa shape index (κ3) is 5.19. The van der Waals surface area contributed by atoms with Crippen molar-refractivity contribution in [1.29, 1.82) is 0 Å². The number of amides is 2. The SMILES string of the molecule is Cc1cc(NC(=O)c2ccco2)sc1C(=O)NCC(CC(C)C)C(=O)O. The zero-order valence-electron chi connectivity index (χ0n) is 14.9. The van der Waals surface area contributed by atoms with Gasteiger partial charge in [0.25, 0.3) is 11.8 Å². The smallest absolute Gasteiger partial charge is 0.308 e. The van der Waals surface area contributed by atoms with Crippen LogP contribution in [0.3, 0.4) is 0 Å². The van der Waals surface area contributed by atoms with Gasteiger partial charge >= 0.3 is 5.97 Å². The first-order chi connectivity index (χ1) is 12.3. The first kappa shape index (κ1) is 19.7. The van der Waals surface area contributed by atoms with E-state index >= 15 is 0 Å². The molecule has 1 atom stereocenters. The maximum Gasteiger partial charge on any atom is 0.308 e. The highest BCUT2D eigenvalue weighted by molar-refractivity contribution is 7.18. The molecule has 8 heteroatoms. The van der Waals surface area contributed by atoms with E-state index in [0.29, 0.717) is 21.9 Å². The van der Waals surface area contributed by atoms with Gasteiger partial charge in [-0.15, -0.1) is 11.3 Å². The van der Waals surface area contributed by atoms with E-state index in [4.69, 9.17) is 4.42 Å². The maximum atomic E-state index is 12.4. The Hall–Kier alpha value is -2.61. The quantitative estimate of drug-likeness (QED) is 0.652. The summed E-state index contributed by atoms with van der Waals surface area (Å²) in [5, 5.41) is 15.1. The van der Waals surface area contributed by atoms with E-state index in [-0.39, 0.29) is 24.1 Å². The fourth-order valence-electron chi connectivity index (χ4n) is 2.49. The second-order valence-corrected chi connectivity index (χ2v) is 7.48. The minimum atomic E-state index is -0.923. The van der Waals surface area contributed by atoms with Gasteiger partial charge in [0.15, 0.2) is 5.76 Å². The van der Waals surface area contributed by atoms with Crippen LogP contribution in [0.4, 0.5) is 5.00 Å². The number of hydrogen-bond acceptors (Lipinski definition) is 5. The standard InChI is InChI=1S/C18H22N2O5S/c1-10(2)7-12(18(23)24)9-19-17(22)15-11(3)8-14(26-15)20-16(21)13-5-4-6-25-13/h4-6,8,10,12H,7,9H2,1-3H3,(H,19,22)(H,20,21)(H,23,24). The van der Waals surface area contributed by atoms with Crippen molar-refractivity contribution >= 4 is 34.1 Å². The van der Waals surface area contributed by atoms with Crippen LogP contribution in [-0.4, -0.2) is 29.4 Å². The molecule has 0 aliphatic rings. The van der Waals surface area contributed by atoms with E-state index in [1.807, 2.05) is 13.8 Å². The van der Waals surface area contributed by atoms with E-state index in [2.05, 4.69) is 10.6 Å². The molecule has 2 amide bonds. The number of carbonyl (C=O) groups is 3. The predicted molar refractivity (Wildman–Crippen MR) is 98.6 cm³/mol. The van der Waals surface area contributed by atoms with Gasteiger partial charge in [0.05, 0.1) is 22.1 Å². The highest BCUT2D eigenvalue weighted by Crippen LogP contribution is 2.27. The Morgan fingerprint density at radius 2 is 2.00 bits per heavy atom. The molecular weight excluding hydrogens is 356 g/mol. The summed E-state index contributed by atoms with van der Waals surface area (Å²) in [6.07, 6.45) is 1.90. The second kappa shape index (κ2) is 8.66. The molecule has 0 saturated carbocycles. The number of aliphatic carboxylic acids is 1. The summed E-state index contributed by atoms with van der Waals surface area (Å²) in [6, 6.07) is 4.86. The Labute approximate surface area is 155 Å². The molecule has 2 heterocycles. The molecule has 2 aromatic rings. The predicted octanol–water partition coefficient (Wildman–Crippen LogP) is 3.38. The van der Waals surface area contributed by atoms with E-state index in [0.717, 1.165) is 11.3 Å². The van der Waals surface area contributed by atoms with Gasteiger partial charge in [0.1, 0.15) is 0 Å². The Morgan fingerprint density at radius 1 is 1.27 bits per heavy atom. The second-order valence-electron chi connectivity index (χ2n) is 6.43. The number of furan rings is 1. The van der Waals surface area contributed by atoms with E-state index in [9.17, 15) is 19.5 Å². The Kier molecular flexibility index (Phi) is 6.57. The van der Waals surface area contributed by atoms with Gasteiger partial charge in [-0.2, -0.15) is 0 Å². The molecule has 0 aliphatic carbocycles. The zero-order valence-corrected chi connectivity index (χ0v) is 15.7. The molecule has 0 aliphatic heterocycles. The lowest BCUT2D eigenvalue weighted by Crippen LogP contribution is -2.33. The summed E-state index contributed by atoms with van der Waals surface area (Å²) in [6.45, 7) is 5.71. The molecule has 3 N–H and O–H groups in total. The average Bonchev–Trinajstić information content (AvgIpc) is 3.20. The topological polar surface area (TPSA) is 109 Å². The molecule has 0 bridgehead atoms. The summed E-state index contributed by atoms with van der Waals surface area (Å²) < 4.78 is 5.03. The van der Waals surface area contributed by atoms with Crippen LogP contribution in [0.15, 0.2) is 28.9 Å². The molecule has 140 valence electrons. The number of carboxylic acids is 1. The number of nitrogens with one attached hydrogen (secondary N) is 2. The molecule has 2 rings (SSSR count). The summed E-state index contributed by atoms with van der Waals surface area (Å²) in [4.78, 5) is 36.1. The Morgan fingerprint density at radius 3 is 2.58 bits per heavy atom. The highest BCUT2D eigenvalue weighted by Gasteiger charge is 2.22. The third-order valence-corrected chi connectivity index (χ3v) is 4.87. The molecule has 0 radical (unpaired) electrons. The van der Waals surface area contributed by atoms with Crippen molar-refractivity contribution in [3.8, 4) is 0 Å². The molecule has 0 aromatic carbocycles. The Bertz CT molecular complexity index is 780. The average molecular weight is 378 g/mol. The molecule has 26 heavy (non-hydrogen) atoms. The number of aryl methyl sites for hydroxylation is 1. The number of carbonyl (C=O) groups excluding carboxylic acids is 2. The summed E-state index contributed by atoms with van der Waals surface area (Å²) >= 11 is 1.13. The normalized spacial score (nSPS) is 12.0. The summed E-state index contributed by atoms with van der Waals surface area (Å²) in [5.74, 6) is -1.89. The van der Waals surface area contributed by atoms with Gasteiger partial charge in [-0.1, -0.05) is 13.8 Å². The van der Waals surface area contributed by atoms with Crippen LogP contribution < -0.4 is 10.6 Å². The van der Waals surface area contributed by atoms with Crippen LogP contribution in [0, 0.1) is 18.8 Å². The van der Waals surface area contributed by atoms with E-state index in [1.54, 1.807) is 25.1 Å². The molecule has 0 fully saturated rings. The number of rotatable bonds is 8. The minimum Gasteiger partial charge on any atom is -0.481 e. The lowest BCUT2D eigenvalue weighted by Gasteiger charge is -2.15. The van der Waals surface area contributed by atoms with Crippen LogP contribution in [0.25, 0.3) is 0 Å². The van der Waals surface area contributed by atoms with E-state index < -0.39 is 17.8 Å². The van der Waals surface area contributed by atoms with Crippen LogP contribution in [0.1, 0.15) is 46.1 Å². The van der Waals surface area contributed by atoms with Crippen LogP contribution in [-0.2, 0) is 4.79 Å². The molecule has 1 unspecified atom stereocenters.